The van der Waals surface area contributed by atoms with Crippen LogP contribution in [0.25, 0.3) is 11.3 Å². The van der Waals surface area contributed by atoms with Gasteiger partial charge >= 0.3 is 0 Å². The quantitative estimate of drug-likeness (QED) is 0.792. The molecule has 1 aliphatic carbocycles. The molecule has 7 heteroatoms. The number of hydrogen-bond donors (Lipinski definition) is 2. The molecule has 0 unspecified atom stereocenters. The first kappa shape index (κ1) is 15.6. The summed E-state index contributed by atoms with van der Waals surface area (Å²) in [4.78, 5) is 19.6. The topological polar surface area (TPSA) is 107 Å². The maximum Gasteiger partial charge on any atom is 0.225 e. The van der Waals surface area contributed by atoms with Gasteiger partial charge in [0.2, 0.25) is 11.9 Å². The molecule has 0 aliphatic heterocycles. The lowest BCUT2D eigenvalue weighted by atomic mass is 10.1. The van der Waals surface area contributed by atoms with Crippen LogP contribution in [0.15, 0.2) is 18.5 Å². The van der Waals surface area contributed by atoms with Gasteiger partial charge in [-0.1, -0.05) is 0 Å². The first-order chi connectivity index (χ1) is 11.2. The van der Waals surface area contributed by atoms with E-state index in [4.69, 9.17) is 11.5 Å². The zero-order chi connectivity index (χ0) is 16.2. The molecule has 1 aliphatic rings. The Morgan fingerprint density at radius 2 is 2.09 bits per heavy atom. The molecule has 2 aromatic rings. The summed E-state index contributed by atoms with van der Waals surface area (Å²) in [6.45, 7) is 1.48. The molecule has 2 heterocycles. The number of anilines is 2. The molecule has 1 saturated carbocycles. The summed E-state index contributed by atoms with van der Waals surface area (Å²) < 4.78 is 0. The molecule has 0 saturated heterocycles. The third-order valence-electron chi connectivity index (χ3n) is 4.02. The van der Waals surface area contributed by atoms with Crippen LogP contribution in [0.4, 0.5) is 11.9 Å². The molecule has 0 aromatic carbocycles. The molecule has 0 atom stereocenters. The summed E-state index contributed by atoms with van der Waals surface area (Å²) in [5, 5.41) is 0. The van der Waals surface area contributed by atoms with Crippen molar-refractivity contribution >= 4 is 11.9 Å². The van der Waals surface area contributed by atoms with Gasteiger partial charge in [0.1, 0.15) is 0 Å². The van der Waals surface area contributed by atoms with E-state index in [0.717, 1.165) is 42.3 Å². The monoisotopic (exact) mass is 313 g/mol. The van der Waals surface area contributed by atoms with Gasteiger partial charge < -0.3 is 16.4 Å². The van der Waals surface area contributed by atoms with E-state index in [1.165, 1.54) is 12.8 Å². The normalized spacial score (nSPS) is 14.0. The molecule has 0 radical (unpaired) electrons. The van der Waals surface area contributed by atoms with Gasteiger partial charge in [0.15, 0.2) is 0 Å². The van der Waals surface area contributed by atoms with Gasteiger partial charge in [-0.2, -0.15) is 0 Å². The van der Waals surface area contributed by atoms with E-state index in [2.05, 4.69) is 19.9 Å². The second-order valence-electron chi connectivity index (χ2n) is 6.04. The predicted octanol–water partition coefficient (Wildman–Crippen LogP) is 1.25. The van der Waals surface area contributed by atoms with Crippen LogP contribution >= 0.6 is 0 Å². The van der Waals surface area contributed by atoms with Gasteiger partial charge in [0.25, 0.3) is 0 Å². The lowest BCUT2D eigenvalue weighted by Crippen LogP contribution is -2.23. The highest BCUT2D eigenvalue weighted by molar-refractivity contribution is 5.62. The van der Waals surface area contributed by atoms with Gasteiger partial charge in [-0.05, 0) is 44.2 Å². The van der Waals surface area contributed by atoms with Crippen molar-refractivity contribution in [3.63, 3.8) is 0 Å². The third kappa shape index (κ3) is 3.92. The minimum absolute atomic E-state index is 0.318. The summed E-state index contributed by atoms with van der Waals surface area (Å²) in [6.07, 6.45) is 7.91. The lowest BCUT2D eigenvalue weighted by Gasteiger charge is -2.17. The van der Waals surface area contributed by atoms with Gasteiger partial charge in [0.05, 0.1) is 11.4 Å². The van der Waals surface area contributed by atoms with Gasteiger partial charge in [-0.3, -0.25) is 0 Å². The van der Waals surface area contributed by atoms with E-state index in [1.54, 1.807) is 12.4 Å². The van der Waals surface area contributed by atoms with E-state index in [9.17, 15) is 0 Å². The van der Waals surface area contributed by atoms with Crippen molar-refractivity contribution in [2.24, 2.45) is 11.7 Å². The van der Waals surface area contributed by atoms with Crippen LogP contribution in [0.1, 0.15) is 25.0 Å². The smallest absolute Gasteiger partial charge is 0.225 e. The Balaban J connectivity index is 1.89. The van der Waals surface area contributed by atoms with Crippen LogP contribution in [0.2, 0.25) is 0 Å². The van der Waals surface area contributed by atoms with E-state index < -0.39 is 0 Å². The fourth-order valence-corrected chi connectivity index (χ4v) is 2.51. The van der Waals surface area contributed by atoms with E-state index in [1.807, 2.05) is 18.0 Å². The van der Waals surface area contributed by atoms with Crippen LogP contribution in [-0.4, -0.2) is 40.1 Å². The van der Waals surface area contributed by atoms with Crippen LogP contribution in [0.3, 0.4) is 0 Å². The first-order valence-corrected chi connectivity index (χ1v) is 8.03. The van der Waals surface area contributed by atoms with E-state index in [-0.39, 0.29) is 0 Å². The second-order valence-corrected chi connectivity index (χ2v) is 6.04. The maximum absolute atomic E-state index is 5.76. The number of aromatic nitrogens is 4. The summed E-state index contributed by atoms with van der Waals surface area (Å²) in [6, 6.07) is 1.89. The number of hydrogen-bond acceptors (Lipinski definition) is 7. The second kappa shape index (κ2) is 6.87. The van der Waals surface area contributed by atoms with Crippen molar-refractivity contribution in [2.75, 3.05) is 30.8 Å². The Morgan fingerprint density at radius 3 is 2.83 bits per heavy atom. The van der Waals surface area contributed by atoms with E-state index >= 15 is 0 Å². The number of nitrogen functional groups attached to an aromatic ring is 1. The largest absolute Gasteiger partial charge is 0.368 e. The Hall–Kier alpha value is -2.28. The fourth-order valence-electron chi connectivity index (χ4n) is 2.51. The molecule has 0 amide bonds. The highest BCUT2D eigenvalue weighted by Crippen LogP contribution is 2.34. The average molecular weight is 313 g/mol. The molecule has 4 N–H and O–H groups in total. The van der Waals surface area contributed by atoms with Crippen LogP contribution in [0, 0.1) is 5.92 Å². The van der Waals surface area contributed by atoms with Crippen molar-refractivity contribution in [1.82, 2.24) is 19.9 Å². The van der Waals surface area contributed by atoms with E-state index in [0.29, 0.717) is 18.4 Å². The van der Waals surface area contributed by atoms with Crippen molar-refractivity contribution in [3.8, 4) is 11.3 Å². The average Bonchev–Trinajstić information content (AvgIpc) is 3.37. The summed E-state index contributed by atoms with van der Waals surface area (Å²) in [5.41, 5.74) is 14.1. The molecule has 122 valence electrons. The third-order valence-corrected chi connectivity index (χ3v) is 4.02. The molecule has 23 heavy (non-hydrogen) atoms. The van der Waals surface area contributed by atoms with Gasteiger partial charge in [0, 0.05) is 31.5 Å². The molecular weight excluding hydrogens is 290 g/mol. The first-order valence-electron chi connectivity index (χ1n) is 8.03. The number of nitrogens with zero attached hydrogens (tertiary/aromatic N) is 5. The fraction of sp³-hybridized carbons (Fsp3) is 0.500. The summed E-state index contributed by atoms with van der Waals surface area (Å²) in [5.74, 6) is 1.72. The SMILES string of the molecule is CN(CCCN)c1nccc(-c2cnc(N)nc2CC2CC2)n1. The van der Waals surface area contributed by atoms with Crippen molar-refractivity contribution in [3.05, 3.63) is 24.2 Å². The zero-order valence-electron chi connectivity index (χ0n) is 13.4. The molecule has 0 spiro atoms. The predicted molar refractivity (Wildman–Crippen MR) is 90.8 cm³/mol. The van der Waals surface area contributed by atoms with Crippen LogP contribution in [0.5, 0.6) is 0 Å². The molecule has 7 nitrogen and oxygen atoms in total. The standard InChI is InChI=1S/C16H23N7/c1-23(8-2-6-17)16-19-7-5-13(22-16)12-10-20-15(18)21-14(12)9-11-3-4-11/h5,7,10-11H,2-4,6,8-9,17H2,1H3,(H2,18,20,21). The summed E-state index contributed by atoms with van der Waals surface area (Å²) >= 11 is 0. The lowest BCUT2D eigenvalue weighted by molar-refractivity contribution is 0.774. The number of rotatable bonds is 7. The highest BCUT2D eigenvalue weighted by Gasteiger charge is 2.24. The highest BCUT2D eigenvalue weighted by atomic mass is 15.2. The molecule has 0 bridgehead atoms. The molecule has 2 aromatic heterocycles. The molecule has 3 rings (SSSR count). The van der Waals surface area contributed by atoms with Crippen molar-refractivity contribution < 1.29 is 0 Å². The Bertz CT molecular complexity index is 669. The molecule has 1 fully saturated rings. The van der Waals surface area contributed by atoms with Gasteiger partial charge in [-0.15, -0.1) is 0 Å². The zero-order valence-corrected chi connectivity index (χ0v) is 13.4. The Morgan fingerprint density at radius 1 is 1.26 bits per heavy atom. The molecular formula is C16H23N7. The minimum Gasteiger partial charge on any atom is -0.368 e. The minimum atomic E-state index is 0.318. The summed E-state index contributed by atoms with van der Waals surface area (Å²) in [7, 11) is 1.97. The Kier molecular flexibility index (Phi) is 4.66. The van der Waals surface area contributed by atoms with Crippen LogP contribution in [-0.2, 0) is 6.42 Å². The Labute approximate surface area is 136 Å². The van der Waals surface area contributed by atoms with Crippen LogP contribution < -0.4 is 16.4 Å². The van der Waals surface area contributed by atoms with Gasteiger partial charge in [-0.25, -0.2) is 19.9 Å². The van der Waals surface area contributed by atoms with Crippen molar-refractivity contribution in [2.45, 2.75) is 25.7 Å². The maximum atomic E-state index is 5.76. The number of nitrogens with two attached hydrogens (primary N) is 2. The van der Waals surface area contributed by atoms with Crippen molar-refractivity contribution in [1.29, 1.82) is 0 Å².